The summed E-state index contributed by atoms with van der Waals surface area (Å²) in [6.45, 7) is 9.24. The minimum absolute atomic E-state index is 1.07. The molecule has 4 heteroatoms. The number of nitrogens with zero attached hydrogens (tertiary/aromatic N) is 1. The maximum Gasteiger partial charge on any atom is 0.206 e. The molecule has 2 aromatic carbocycles. The van der Waals surface area contributed by atoms with Crippen molar-refractivity contribution >= 4 is 48.8 Å². The number of para-hydroxylation sites is 1. The van der Waals surface area contributed by atoms with E-state index in [0.717, 1.165) is 11.0 Å². The maximum atomic E-state index is 6.53. The smallest absolute Gasteiger partial charge is 0.206 e. The van der Waals surface area contributed by atoms with Crippen LogP contribution in [-0.4, -0.2) is 21.6 Å². The van der Waals surface area contributed by atoms with Gasteiger partial charge in [-0.3, -0.25) is 0 Å². The van der Waals surface area contributed by atoms with E-state index >= 15 is 0 Å². The molecule has 0 bridgehead atoms. The predicted molar refractivity (Wildman–Crippen MR) is 94.6 cm³/mol. The van der Waals surface area contributed by atoms with Gasteiger partial charge in [-0.25, -0.2) is 4.98 Å². The van der Waals surface area contributed by atoms with Gasteiger partial charge in [-0.2, -0.15) is 0 Å². The summed E-state index contributed by atoms with van der Waals surface area (Å²) >= 11 is 0. The minimum atomic E-state index is -1.76. The van der Waals surface area contributed by atoms with Crippen LogP contribution >= 0.6 is 0 Å². The van der Waals surface area contributed by atoms with Crippen molar-refractivity contribution in [2.24, 2.45) is 0 Å². The Morgan fingerprint density at radius 3 is 2.19 bits per heavy atom. The molecular weight excluding hydrogens is 290 g/mol. The fourth-order valence-electron chi connectivity index (χ4n) is 3.57. The third-order valence-corrected chi connectivity index (χ3v) is 12.2. The summed E-state index contributed by atoms with van der Waals surface area (Å²) in [6, 6.07) is 15.2. The summed E-state index contributed by atoms with van der Waals surface area (Å²) in [6.07, 6.45) is 0. The normalized spacial score (nSPS) is 19.0. The number of pyridine rings is 1. The highest BCUT2D eigenvalue weighted by Crippen LogP contribution is 2.25. The number of benzene rings is 2. The Balaban J connectivity index is 2.09. The molecule has 0 N–H and O–H groups in total. The molecule has 0 aliphatic carbocycles. The highest BCUT2D eigenvalue weighted by atomic mass is 28.4. The standard InChI is InChI=1S/C17H19NOSi2/c1-20(2)16-10-13-9-12-7-5-6-8-14(12)18-15(13)11-17(16)21(3,4)19-20/h5-11H,1-4H3. The molecule has 0 atom stereocenters. The first-order chi connectivity index (χ1) is 9.87. The lowest BCUT2D eigenvalue weighted by Gasteiger charge is -2.22. The Kier molecular flexibility index (Phi) is 2.53. The van der Waals surface area contributed by atoms with Gasteiger partial charge in [-0.15, -0.1) is 0 Å². The Morgan fingerprint density at radius 2 is 1.43 bits per heavy atom. The maximum absolute atomic E-state index is 6.53. The molecule has 0 fully saturated rings. The van der Waals surface area contributed by atoms with Crippen LogP contribution in [-0.2, 0) is 4.12 Å². The SMILES string of the molecule is C[Si]1(C)O[Si](C)(C)c2cc3nc4ccccc4cc3cc21. The molecule has 4 rings (SSSR count). The van der Waals surface area contributed by atoms with Crippen molar-refractivity contribution in [1.29, 1.82) is 0 Å². The summed E-state index contributed by atoms with van der Waals surface area (Å²) in [5, 5.41) is 5.38. The van der Waals surface area contributed by atoms with Gasteiger partial charge in [0.25, 0.3) is 0 Å². The van der Waals surface area contributed by atoms with Gasteiger partial charge < -0.3 is 4.12 Å². The summed E-state index contributed by atoms with van der Waals surface area (Å²) in [4.78, 5) is 4.85. The van der Waals surface area contributed by atoms with Crippen LogP contribution in [0, 0.1) is 0 Å². The van der Waals surface area contributed by atoms with Gasteiger partial charge in [0.1, 0.15) is 0 Å². The zero-order valence-electron chi connectivity index (χ0n) is 12.9. The van der Waals surface area contributed by atoms with Crippen LogP contribution in [0.3, 0.4) is 0 Å². The van der Waals surface area contributed by atoms with E-state index < -0.39 is 16.6 Å². The van der Waals surface area contributed by atoms with Gasteiger partial charge in [0.15, 0.2) is 0 Å². The van der Waals surface area contributed by atoms with Gasteiger partial charge in [0, 0.05) is 10.8 Å². The predicted octanol–water partition coefficient (Wildman–Crippen LogP) is 3.24. The molecule has 21 heavy (non-hydrogen) atoms. The van der Waals surface area contributed by atoms with Crippen molar-refractivity contribution in [3.8, 4) is 0 Å². The number of hydrogen-bond donors (Lipinski definition) is 0. The Bertz CT molecular complexity index is 814. The van der Waals surface area contributed by atoms with E-state index in [9.17, 15) is 0 Å². The molecule has 0 radical (unpaired) electrons. The Hall–Kier alpha value is -1.50. The van der Waals surface area contributed by atoms with E-state index in [1.54, 1.807) is 0 Å². The average Bonchev–Trinajstić information content (AvgIpc) is 2.59. The first-order valence-electron chi connectivity index (χ1n) is 7.41. The van der Waals surface area contributed by atoms with Crippen molar-refractivity contribution < 1.29 is 4.12 Å². The fraction of sp³-hybridized carbons (Fsp3) is 0.235. The number of fused-ring (bicyclic) bond motifs is 3. The molecule has 0 saturated carbocycles. The third-order valence-electron chi connectivity index (χ3n) is 4.46. The molecule has 0 saturated heterocycles. The van der Waals surface area contributed by atoms with Crippen molar-refractivity contribution in [2.75, 3.05) is 0 Å². The van der Waals surface area contributed by atoms with E-state index in [-0.39, 0.29) is 0 Å². The summed E-state index contributed by atoms with van der Waals surface area (Å²) in [5.74, 6) is 0. The van der Waals surface area contributed by atoms with Crippen LogP contribution in [0.25, 0.3) is 21.8 Å². The van der Waals surface area contributed by atoms with Gasteiger partial charge in [-0.05, 0) is 54.8 Å². The summed E-state index contributed by atoms with van der Waals surface area (Å²) < 4.78 is 6.53. The second-order valence-corrected chi connectivity index (χ2v) is 14.8. The molecule has 1 aromatic heterocycles. The minimum Gasteiger partial charge on any atom is -0.449 e. The molecule has 106 valence electrons. The van der Waals surface area contributed by atoms with Gasteiger partial charge in [-0.1, -0.05) is 24.3 Å². The summed E-state index contributed by atoms with van der Waals surface area (Å²) in [7, 11) is -3.51. The fourth-order valence-corrected chi connectivity index (χ4v) is 13.8. The molecule has 2 heterocycles. The molecule has 2 nitrogen and oxygen atoms in total. The highest BCUT2D eigenvalue weighted by molar-refractivity contribution is 7.05. The first-order valence-corrected chi connectivity index (χ1v) is 13.2. The topological polar surface area (TPSA) is 22.1 Å². The number of aromatic nitrogens is 1. The van der Waals surface area contributed by atoms with Crippen LogP contribution in [0.5, 0.6) is 0 Å². The lowest BCUT2D eigenvalue weighted by molar-refractivity contribution is 0.583. The third kappa shape index (κ3) is 1.90. The van der Waals surface area contributed by atoms with E-state index in [1.165, 1.54) is 21.1 Å². The van der Waals surface area contributed by atoms with Crippen molar-refractivity contribution in [3.63, 3.8) is 0 Å². The quantitative estimate of drug-likeness (QED) is 0.470. The van der Waals surface area contributed by atoms with Crippen molar-refractivity contribution in [2.45, 2.75) is 26.2 Å². The molecule has 0 spiro atoms. The molecular formula is C17H19NOSi2. The lowest BCUT2D eigenvalue weighted by Crippen LogP contribution is -2.44. The molecule has 1 aliphatic heterocycles. The largest absolute Gasteiger partial charge is 0.449 e. The van der Waals surface area contributed by atoms with Crippen LogP contribution in [0.15, 0.2) is 42.5 Å². The van der Waals surface area contributed by atoms with Crippen LogP contribution in [0.1, 0.15) is 0 Å². The van der Waals surface area contributed by atoms with E-state index in [2.05, 4.69) is 62.6 Å². The van der Waals surface area contributed by atoms with E-state index in [4.69, 9.17) is 9.10 Å². The van der Waals surface area contributed by atoms with Gasteiger partial charge >= 0.3 is 0 Å². The van der Waals surface area contributed by atoms with Gasteiger partial charge in [0.2, 0.25) is 16.6 Å². The van der Waals surface area contributed by atoms with Gasteiger partial charge in [0.05, 0.1) is 11.0 Å². The van der Waals surface area contributed by atoms with E-state index in [1.807, 2.05) is 6.07 Å². The zero-order valence-corrected chi connectivity index (χ0v) is 14.9. The molecule has 0 unspecified atom stereocenters. The lowest BCUT2D eigenvalue weighted by atomic mass is 10.1. The van der Waals surface area contributed by atoms with Crippen LogP contribution in [0.2, 0.25) is 26.2 Å². The molecule has 1 aliphatic rings. The Labute approximate surface area is 127 Å². The molecule has 3 aromatic rings. The zero-order chi connectivity index (χ0) is 14.8. The van der Waals surface area contributed by atoms with E-state index in [0.29, 0.717) is 0 Å². The molecule has 0 amide bonds. The van der Waals surface area contributed by atoms with Crippen molar-refractivity contribution in [3.05, 3.63) is 42.5 Å². The number of rotatable bonds is 0. The second-order valence-electron chi connectivity index (χ2n) is 6.89. The summed E-state index contributed by atoms with van der Waals surface area (Å²) in [5.41, 5.74) is 2.17. The average molecular weight is 310 g/mol. The number of hydrogen-bond acceptors (Lipinski definition) is 2. The van der Waals surface area contributed by atoms with Crippen LogP contribution < -0.4 is 10.4 Å². The second kappa shape index (κ2) is 4.03. The first kappa shape index (κ1) is 13.2. The van der Waals surface area contributed by atoms with Crippen LogP contribution in [0.4, 0.5) is 0 Å². The highest BCUT2D eigenvalue weighted by Gasteiger charge is 2.46. The van der Waals surface area contributed by atoms with Crippen molar-refractivity contribution in [1.82, 2.24) is 4.98 Å². The Morgan fingerprint density at radius 1 is 0.762 bits per heavy atom. The monoisotopic (exact) mass is 309 g/mol.